The normalized spacial score (nSPS) is 15.1. The molecule has 0 atom stereocenters. The standard InChI is InChI=1S/C22H29N5O2S/c1-4-25-11-13-26(14-12-25)21(28)19-16(2)27-20(23-10-15-29-3)18(24-22(27)30-19)17-8-6-5-7-9-17/h5-9,23H,4,10-15H2,1-3H3. The van der Waals surface area contributed by atoms with E-state index in [0.29, 0.717) is 13.2 Å². The van der Waals surface area contributed by atoms with Gasteiger partial charge >= 0.3 is 0 Å². The molecule has 0 radical (unpaired) electrons. The van der Waals surface area contributed by atoms with Gasteiger partial charge in [-0.25, -0.2) is 4.98 Å². The van der Waals surface area contributed by atoms with Gasteiger partial charge in [-0.15, -0.1) is 0 Å². The first kappa shape index (κ1) is 20.8. The van der Waals surface area contributed by atoms with Crippen molar-refractivity contribution < 1.29 is 9.53 Å². The first-order valence-corrected chi connectivity index (χ1v) is 11.3. The van der Waals surface area contributed by atoms with E-state index in [2.05, 4.69) is 33.7 Å². The Bertz CT molecular complexity index is 1010. The monoisotopic (exact) mass is 427 g/mol. The van der Waals surface area contributed by atoms with Gasteiger partial charge in [-0.1, -0.05) is 48.6 Å². The van der Waals surface area contributed by atoms with Crippen LogP contribution in [0, 0.1) is 6.92 Å². The summed E-state index contributed by atoms with van der Waals surface area (Å²) in [5, 5.41) is 3.47. The van der Waals surface area contributed by atoms with E-state index >= 15 is 0 Å². The molecule has 30 heavy (non-hydrogen) atoms. The molecular formula is C22H29N5O2S. The molecule has 4 rings (SSSR count). The van der Waals surface area contributed by atoms with E-state index in [4.69, 9.17) is 9.72 Å². The SMILES string of the molecule is CCN1CCN(C(=O)c2sc3nc(-c4ccccc4)c(NCCOC)n3c2C)CC1. The molecule has 8 heteroatoms. The Hall–Kier alpha value is -2.42. The number of imidazole rings is 1. The molecule has 1 fully saturated rings. The summed E-state index contributed by atoms with van der Waals surface area (Å²) in [4.78, 5) is 24.1. The quantitative estimate of drug-likeness (QED) is 0.587. The number of benzene rings is 1. The summed E-state index contributed by atoms with van der Waals surface area (Å²) in [7, 11) is 1.69. The summed E-state index contributed by atoms with van der Waals surface area (Å²) >= 11 is 1.48. The zero-order valence-electron chi connectivity index (χ0n) is 17.9. The number of thiazole rings is 1. The van der Waals surface area contributed by atoms with E-state index in [-0.39, 0.29) is 5.91 Å². The minimum absolute atomic E-state index is 0.114. The number of rotatable bonds is 7. The maximum absolute atomic E-state index is 13.2. The molecular weight excluding hydrogens is 398 g/mol. The van der Waals surface area contributed by atoms with Crippen molar-refractivity contribution in [3.63, 3.8) is 0 Å². The molecule has 0 spiro atoms. The van der Waals surface area contributed by atoms with E-state index in [1.165, 1.54) is 11.3 Å². The fourth-order valence-corrected chi connectivity index (χ4v) is 4.98. The fourth-order valence-electron chi connectivity index (χ4n) is 3.89. The number of hydrogen-bond acceptors (Lipinski definition) is 6. The second kappa shape index (κ2) is 9.16. The number of nitrogens with one attached hydrogen (secondary N) is 1. The summed E-state index contributed by atoms with van der Waals surface area (Å²) in [6.45, 7) is 9.90. The van der Waals surface area contributed by atoms with E-state index in [1.807, 2.05) is 30.0 Å². The lowest BCUT2D eigenvalue weighted by atomic mass is 10.1. The zero-order chi connectivity index (χ0) is 21.1. The zero-order valence-corrected chi connectivity index (χ0v) is 18.7. The molecule has 0 bridgehead atoms. The smallest absolute Gasteiger partial charge is 0.265 e. The number of piperazine rings is 1. The van der Waals surface area contributed by atoms with Crippen molar-refractivity contribution in [3.05, 3.63) is 40.9 Å². The summed E-state index contributed by atoms with van der Waals surface area (Å²) in [6, 6.07) is 10.1. The first-order chi connectivity index (χ1) is 14.6. The number of methoxy groups -OCH3 is 1. The Morgan fingerprint density at radius 2 is 1.93 bits per heavy atom. The minimum atomic E-state index is 0.114. The van der Waals surface area contributed by atoms with Gasteiger partial charge in [-0.2, -0.15) is 0 Å². The third-order valence-corrected chi connectivity index (χ3v) is 6.78. The van der Waals surface area contributed by atoms with Gasteiger partial charge in [0.05, 0.1) is 6.61 Å². The average Bonchev–Trinajstić information content (AvgIpc) is 3.31. The van der Waals surface area contributed by atoms with Crippen LogP contribution in [0.4, 0.5) is 5.82 Å². The number of hydrogen-bond donors (Lipinski definition) is 1. The number of anilines is 1. The lowest BCUT2D eigenvalue weighted by Crippen LogP contribution is -2.48. The third-order valence-electron chi connectivity index (χ3n) is 5.65. The maximum atomic E-state index is 13.2. The number of ether oxygens (including phenoxy) is 1. The molecule has 0 saturated carbocycles. The molecule has 3 aromatic rings. The second-order valence-corrected chi connectivity index (χ2v) is 8.43. The summed E-state index contributed by atoms with van der Waals surface area (Å²) in [5.41, 5.74) is 2.89. The van der Waals surface area contributed by atoms with Crippen LogP contribution in [0.3, 0.4) is 0 Å². The van der Waals surface area contributed by atoms with Crippen LogP contribution in [0.5, 0.6) is 0 Å². The van der Waals surface area contributed by atoms with Gasteiger partial charge in [0.15, 0.2) is 4.96 Å². The number of fused-ring (bicyclic) bond motifs is 1. The lowest BCUT2D eigenvalue weighted by Gasteiger charge is -2.33. The van der Waals surface area contributed by atoms with Crippen LogP contribution in [-0.2, 0) is 4.74 Å². The highest BCUT2D eigenvalue weighted by Crippen LogP contribution is 2.35. The lowest BCUT2D eigenvalue weighted by molar-refractivity contribution is 0.0647. The van der Waals surface area contributed by atoms with Gasteiger partial charge in [0, 0.05) is 51.1 Å². The molecule has 1 aromatic carbocycles. The van der Waals surface area contributed by atoms with E-state index in [1.54, 1.807) is 7.11 Å². The number of carbonyl (C=O) groups is 1. The second-order valence-electron chi connectivity index (χ2n) is 7.46. The Labute approximate surface area is 181 Å². The van der Waals surface area contributed by atoms with E-state index in [9.17, 15) is 4.79 Å². The van der Waals surface area contributed by atoms with E-state index < -0.39 is 0 Å². The van der Waals surface area contributed by atoms with Gasteiger partial charge in [0.25, 0.3) is 5.91 Å². The van der Waals surface area contributed by atoms with Crippen LogP contribution in [0.2, 0.25) is 0 Å². The molecule has 0 aliphatic carbocycles. The van der Waals surface area contributed by atoms with Crippen molar-refractivity contribution in [1.29, 1.82) is 0 Å². The average molecular weight is 428 g/mol. The van der Waals surface area contributed by atoms with Gasteiger partial charge < -0.3 is 19.9 Å². The molecule has 160 valence electrons. The van der Waals surface area contributed by atoms with Gasteiger partial charge in [-0.3, -0.25) is 9.20 Å². The van der Waals surface area contributed by atoms with Crippen LogP contribution in [0.25, 0.3) is 16.2 Å². The third kappa shape index (κ3) is 3.95. The number of carbonyl (C=O) groups excluding carboxylic acids is 1. The molecule has 3 heterocycles. The first-order valence-electron chi connectivity index (χ1n) is 10.5. The number of nitrogens with zero attached hydrogens (tertiary/aromatic N) is 4. The number of aromatic nitrogens is 2. The molecule has 7 nitrogen and oxygen atoms in total. The molecule has 2 aromatic heterocycles. The summed E-state index contributed by atoms with van der Waals surface area (Å²) < 4.78 is 7.30. The highest BCUT2D eigenvalue weighted by molar-refractivity contribution is 7.19. The minimum Gasteiger partial charge on any atom is -0.383 e. The van der Waals surface area contributed by atoms with Crippen molar-refractivity contribution in [3.8, 4) is 11.3 Å². The van der Waals surface area contributed by atoms with Gasteiger partial charge in [0.2, 0.25) is 0 Å². The Balaban J connectivity index is 1.69. The largest absolute Gasteiger partial charge is 0.383 e. The van der Waals surface area contributed by atoms with Crippen molar-refractivity contribution in [1.82, 2.24) is 19.2 Å². The van der Waals surface area contributed by atoms with Crippen molar-refractivity contribution in [2.75, 3.05) is 58.3 Å². The highest BCUT2D eigenvalue weighted by Gasteiger charge is 2.27. The predicted molar refractivity (Wildman–Crippen MR) is 122 cm³/mol. The van der Waals surface area contributed by atoms with Crippen molar-refractivity contribution in [2.24, 2.45) is 0 Å². The molecule has 1 N–H and O–H groups in total. The summed E-state index contributed by atoms with van der Waals surface area (Å²) in [6.07, 6.45) is 0. The molecule has 1 aliphatic rings. The van der Waals surface area contributed by atoms with Crippen LogP contribution in [0.15, 0.2) is 30.3 Å². The van der Waals surface area contributed by atoms with Crippen molar-refractivity contribution >= 4 is 28.0 Å². The van der Waals surface area contributed by atoms with Gasteiger partial charge in [0.1, 0.15) is 16.4 Å². The fraction of sp³-hybridized carbons (Fsp3) is 0.455. The Kier molecular flexibility index (Phi) is 6.36. The number of aryl methyl sites for hydroxylation is 1. The van der Waals surface area contributed by atoms with E-state index in [0.717, 1.165) is 65.3 Å². The summed E-state index contributed by atoms with van der Waals surface area (Å²) in [5.74, 6) is 1.03. The molecule has 0 unspecified atom stereocenters. The number of amides is 1. The maximum Gasteiger partial charge on any atom is 0.265 e. The van der Waals surface area contributed by atoms with Crippen LogP contribution < -0.4 is 5.32 Å². The Morgan fingerprint density at radius 1 is 1.20 bits per heavy atom. The van der Waals surface area contributed by atoms with Crippen LogP contribution >= 0.6 is 11.3 Å². The van der Waals surface area contributed by atoms with Crippen LogP contribution in [0.1, 0.15) is 22.3 Å². The number of likely N-dealkylation sites (N-methyl/N-ethyl adjacent to an activating group) is 1. The highest BCUT2D eigenvalue weighted by atomic mass is 32.1. The molecule has 1 aliphatic heterocycles. The molecule has 1 amide bonds. The van der Waals surface area contributed by atoms with Crippen molar-refractivity contribution in [2.45, 2.75) is 13.8 Å². The van der Waals surface area contributed by atoms with Gasteiger partial charge in [-0.05, 0) is 13.5 Å². The Morgan fingerprint density at radius 3 is 2.60 bits per heavy atom. The molecule has 1 saturated heterocycles. The topological polar surface area (TPSA) is 62.1 Å². The van der Waals surface area contributed by atoms with Crippen LogP contribution in [-0.4, -0.2) is 78.1 Å². The predicted octanol–water partition coefficient (Wildman–Crippen LogP) is 3.21.